The van der Waals surface area contributed by atoms with Gasteiger partial charge < -0.3 is 19.6 Å². The number of aromatic amines is 1. The Morgan fingerprint density at radius 3 is 2.85 bits per heavy atom. The van der Waals surface area contributed by atoms with Gasteiger partial charge in [0.05, 0.1) is 24.9 Å². The number of nitrogens with zero attached hydrogens (tertiary/aromatic N) is 5. The van der Waals surface area contributed by atoms with Crippen LogP contribution in [-0.4, -0.2) is 74.5 Å². The van der Waals surface area contributed by atoms with E-state index in [4.69, 9.17) is 4.74 Å². The predicted molar refractivity (Wildman–Crippen MR) is 132 cm³/mol. The molecule has 0 radical (unpaired) electrons. The highest BCUT2D eigenvalue weighted by Gasteiger charge is 2.16. The lowest BCUT2D eigenvalue weighted by atomic mass is 10.1. The fourth-order valence-corrected chi connectivity index (χ4v) is 4.88. The van der Waals surface area contributed by atoms with Gasteiger partial charge in [0.2, 0.25) is 0 Å². The number of amides is 1. The first-order valence-corrected chi connectivity index (χ1v) is 11.6. The maximum Gasteiger partial charge on any atom is 0.251 e. The van der Waals surface area contributed by atoms with Gasteiger partial charge >= 0.3 is 0 Å². The van der Waals surface area contributed by atoms with Crippen LogP contribution in [0.4, 0.5) is 0 Å². The second-order valence-electron chi connectivity index (χ2n) is 8.87. The zero-order valence-corrected chi connectivity index (χ0v) is 19.3. The molecule has 1 aliphatic heterocycles. The molecule has 0 aliphatic carbocycles. The van der Waals surface area contributed by atoms with Crippen LogP contribution in [0.5, 0.6) is 0 Å². The Morgan fingerprint density at radius 1 is 1.15 bits per heavy atom. The highest BCUT2D eigenvalue weighted by atomic mass is 16.5. The second kappa shape index (κ2) is 8.27. The molecule has 0 saturated carbocycles. The summed E-state index contributed by atoms with van der Waals surface area (Å²) in [7, 11) is 3.95. The number of aromatic nitrogens is 5. The van der Waals surface area contributed by atoms with Crippen molar-refractivity contribution in [3.8, 4) is 11.3 Å². The molecule has 0 atom stereocenters. The molecule has 1 aromatic carbocycles. The number of hydrogen-bond acceptors (Lipinski definition) is 5. The third-order valence-electron chi connectivity index (χ3n) is 6.71. The molecule has 6 rings (SSSR count). The predicted octanol–water partition coefficient (Wildman–Crippen LogP) is 2.67. The molecule has 1 saturated heterocycles. The molecule has 0 spiro atoms. The van der Waals surface area contributed by atoms with Crippen LogP contribution in [0.2, 0.25) is 0 Å². The van der Waals surface area contributed by atoms with E-state index >= 15 is 0 Å². The highest BCUT2D eigenvalue weighted by Crippen LogP contribution is 2.33. The van der Waals surface area contributed by atoms with Gasteiger partial charge in [-0.2, -0.15) is 5.10 Å². The highest BCUT2D eigenvalue weighted by molar-refractivity contribution is 6.07. The van der Waals surface area contributed by atoms with Crippen molar-refractivity contribution in [2.45, 2.75) is 0 Å². The van der Waals surface area contributed by atoms with Crippen molar-refractivity contribution in [1.82, 2.24) is 34.5 Å². The molecule has 1 fully saturated rings. The number of ether oxygens (including phenoxy) is 1. The number of benzene rings is 1. The Labute approximate surface area is 196 Å². The minimum atomic E-state index is -0.0497. The molecule has 2 N–H and O–H groups in total. The Kier molecular flexibility index (Phi) is 5.08. The van der Waals surface area contributed by atoms with Crippen LogP contribution in [-0.2, 0) is 18.8 Å². The van der Waals surface area contributed by atoms with Crippen LogP contribution >= 0.6 is 0 Å². The van der Waals surface area contributed by atoms with E-state index in [1.54, 1.807) is 0 Å². The van der Waals surface area contributed by atoms with E-state index in [2.05, 4.69) is 42.1 Å². The van der Waals surface area contributed by atoms with E-state index in [1.165, 1.54) is 0 Å². The number of morpholine rings is 1. The van der Waals surface area contributed by atoms with Crippen molar-refractivity contribution in [3.05, 3.63) is 48.4 Å². The Hall–Kier alpha value is -3.69. The Morgan fingerprint density at radius 2 is 2.00 bits per heavy atom. The number of carbonyl (C=O) groups is 1. The summed E-state index contributed by atoms with van der Waals surface area (Å²) in [6.07, 6.45) is 5.77. The quantitative estimate of drug-likeness (QED) is 0.423. The number of hydrogen-bond donors (Lipinski definition) is 2. The zero-order chi connectivity index (χ0) is 23.2. The molecule has 5 heterocycles. The first-order chi connectivity index (χ1) is 16.6. The molecule has 9 nitrogen and oxygen atoms in total. The Bertz CT molecular complexity index is 1520. The van der Waals surface area contributed by atoms with Crippen LogP contribution in [0.1, 0.15) is 10.4 Å². The molecule has 174 valence electrons. The molecular weight excluding hydrogens is 430 g/mol. The SMILES string of the molecule is Cn1cc(-c2cc3c(ncc4cnn(C)c43)[nH]2)c2ccc(C(=O)NCCN3CCOCC3)cc21. The van der Waals surface area contributed by atoms with Crippen LogP contribution < -0.4 is 5.32 Å². The van der Waals surface area contributed by atoms with E-state index in [-0.39, 0.29) is 5.91 Å². The summed E-state index contributed by atoms with van der Waals surface area (Å²) >= 11 is 0. The minimum absolute atomic E-state index is 0.0497. The number of H-pyrrole nitrogens is 1. The van der Waals surface area contributed by atoms with Crippen molar-refractivity contribution in [1.29, 1.82) is 0 Å². The maximum atomic E-state index is 12.8. The number of carbonyl (C=O) groups excluding carboxylic acids is 1. The van der Waals surface area contributed by atoms with Gasteiger partial charge in [-0.1, -0.05) is 6.07 Å². The van der Waals surface area contributed by atoms with Gasteiger partial charge in [-0.3, -0.25) is 14.4 Å². The van der Waals surface area contributed by atoms with E-state index in [9.17, 15) is 4.79 Å². The normalized spacial score (nSPS) is 15.0. The first kappa shape index (κ1) is 20.9. The van der Waals surface area contributed by atoms with E-state index in [0.29, 0.717) is 12.1 Å². The average molecular weight is 458 g/mol. The summed E-state index contributed by atoms with van der Waals surface area (Å²) in [6, 6.07) is 8.02. The van der Waals surface area contributed by atoms with Gasteiger partial charge in [0.25, 0.3) is 5.91 Å². The zero-order valence-electron chi connectivity index (χ0n) is 19.3. The van der Waals surface area contributed by atoms with Crippen molar-refractivity contribution in [3.63, 3.8) is 0 Å². The van der Waals surface area contributed by atoms with E-state index in [0.717, 1.165) is 76.9 Å². The third kappa shape index (κ3) is 3.53. The summed E-state index contributed by atoms with van der Waals surface area (Å²) in [4.78, 5) is 23.1. The number of nitrogens with one attached hydrogen (secondary N) is 2. The monoisotopic (exact) mass is 457 g/mol. The largest absolute Gasteiger partial charge is 0.379 e. The summed E-state index contributed by atoms with van der Waals surface area (Å²) in [6.45, 7) is 4.83. The number of aryl methyl sites for hydroxylation is 2. The second-order valence-corrected chi connectivity index (χ2v) is 8.87. The van der Waals surface area contributed by atoms with Crippen molar-refractivity contribution >= 4 is 38.7 Å². The molecular formula is C25H27N7O2. The summed E-state index contributed by atoms with van der Waals surface area (Å²) < 4.78 is 9.32. The molecule has 5 aromatic rings. The lowest BCUT2D eigenvalue weighted by molar-refractivity contribution is 0.0383. The van der Waals surface area contributed by atoms with Gasteiger partial charge in [0, 0.05) is 91.2 Å². The molecule has 4 aromatic heterocycles. The van der Waals surface area contributed by atoms with Gasteiger partial charge in [-0.05, 0) is 18.2 Å². The third-order valence-corrected chi connectivity index (χ3v) is 6.71. The molecule has 1 amide bonds. The lowest BCUT2D eigenvalue weighted by Gasteiger charge is -2.26. The standard InChI is InChI=1S/C25H27N7O2/c1-30-15-20(21-12-19-23-17(14-28-31(23)2)13-27-24(19)29-21)18-4-3-16(11-22(18)30)25(33)26-5-6-32-7-9-34-10-8-32/h3-4,11-15H,5-10H2,1-2H3,(H,26,33)(H,27,29). The van der Waals surface area contributed by atoms with Gasteiger partial charge in [-0.15, -0.1) is 0 Å². The van der Waals surface area contributed by atoms with Gasteiger partial charge in [0.1, 0.15) is 5.65 Å². The minimum Gasteiger partial charge on any atom is -0.379 e. The van der Waals surface area contributed by atoms with E-state index in [1.807, 2.05) is 49.4 Å². The van der Waals surface area contributed by atoms with Crippen LogP contribution in [0.15, 0.2) is 42.9 Å². The smallest absolute Gasteiger partial charge is 0.251 e. The van der Waals surface area contributed by atoms with Crippen LogP contribution in [0, 0.1) is 0 Å². The molecule has 1 aliphatic rings. The van der Waals surface area contributed by atoms with Crippen LogP contribution in [0.25, 0.3) is 44.1 Å². The molecule has 9 heteroatoms. The number of rotatable bonds is 5. The fourth-order valence-electron chi connectivity index (χ4n) is 4.88. The topological polar surface area (TPSA) is 93.0 Å². The van der Waals surface area contributed by atoms with E-state index < -0.39 is 0 Å². The Balaban J connectivity index is 1.28. The molecule has 0 unspecified atom stereocenters. The average Bonchev–Trinajstić information content (AvgIpc) is 3.54. The molecule has 34 heavy (non-hydrogen) atoms. The first-order valence-electron chi connectivity index (χ1n) is 11.6. The van der Waals surface area contributed by atoms with Crippen molar-refractivity contribution in [2.75, 3.05) is 39.4 Å². The summed E-state index contributed by atoms with van der Waals surface area (Å²) in [5.74, 6) is -0.0497. The summed E-state index contributed by atoms with van der Waals surface area (Å²) in [5, 5.41) is 10.6. The fraction of sp³-hybridized carbons (Fsp3) is 0.320. The maximum absolute atomic E-state index is 12.8. The lowest BCUT2D eigenvalue weighted by Crippen LogP contribution is -2.41. The van der Waals surface area contributed by atoms with Gasteiger partial charge in [0.15, 0.2) is 0 Å². The molecule has 0 bridgehead atoms. The van der Waals surface area contributed by atoms with Gasteiger partial charge in [-0.25, -0.2) is 4.98 Å². The number of pyridine rings is 1. The van der Waals surface area contributed by atoms with Crippen molar-refractivity contribution in [2.24, 2.45) is 14.1 Å². The van der Waals surface area contributed by atoms with Crippen LogP contribution in [0.3, 0.4) is 0 Å². The van der Waals surface area contributed by atoms with Crippen molar-refractivity contribution < 1.29 is 9.53 Å². The summed E-state index contributed by atoms with van der Waals surface area (Å²) in [5.41, 5.74) is 5.63. The number of fused-ring (bicyclic) bond motifs is 4.